The first kappa shape index (κ1) is 19.7. The van der Waals surface area contributed by atoms with E-state index in [1.807, 2.05) is 52.0 Å². The van der Waals surface area contributed by atoms with E-state index in [-0.39, 0.29) is 18.6 Å². The van der Waals surface area contributed by atoms with Crippen molar-refractivity contribution in [2.45, 2.75) is 39.3 Å². The Balaban J connectivity index is 1.62. The molecule has 1 N–H and O–H groups in total. The van der Waals surface area contributed by atoms with Crippen LogP contribution in [0, 0.1) is 0 Å². The van der Waals surface area contributed by atoms with Gasteiger partial charge in [0.1, 0.15) is 17.9 Å². The molecule has 0 aromatic heterocycles. The molecule has 0 spiro atoms. The SMILES string of the molecule is CC(C)Oc1ccc(C(=O)OCCN2C(=O)C(C)(C)Nc3ccccc32)cc1. The second kappa shape index (κ2) is 7.92. The third kappa shape index (κ3) is 4.27. The van der Waals surface area contributed by atoms with Crippen LogP contribution in [0.5, 0.6) is 5.75 Å². The molecule has 0 atom stereocenters. The average molecular weight is 382 g/mol. The quantitative estimate of drug-likeness (QED) is 0.768. The van der Waals surface area contributed by atoms with Crippen molar-refractivity contribution >= 4 is 23.3 Å². The Kier molecular flexibility index (Phi) is 5.58. The topological polar surface area (TPSA) is 67.9 Å². The van der Waals surface area contributed by atoms with Crippen LogP contribution in [0.4, 0.5) is 11.4 Å². The van der Waals surface area contributed by atoms with Crippen LogP contribution in [0.2, 0.25) is 0 Å². The highest BCUT2D eigenvalue weighted by molar-refractivity contribution is 6.07. The molecule has 0 saturated heterocycles. The van der Waals surface area contributed by atoms with Crippen LogP contribution < -0.4 is 15.0 Å². The lowest BCUT2D eigenvalue weighted by atomic mass is 9.98. The summed E-state index contributed by atoms with van der Waals surface area (Å²) in [5.41, 5.74) is 1.41. The zero-order valence-electron chi connectivity index (χ0n) is 16.7. The Bertz CT molecular complexity index is 859. The summed E-state index contributed by atoms with van der Waals surface area (Å²) in [6.45, 7) is 7.97. The lowest BCUT2D eigenvalue weighted by molar-refractivity contribution is -0.122. The van der Waals surface area contributed by atoms with Crippen molar-refractivity contribution in [2.24, 2.45) is 0 Å². The Morgan fingerprint density at radius 2 is 1.79 bits per heavy atom. The van der Waals surface area contributed by atoms with Crippen molar-refractivity contribution in [1.82, 2.24) is 0 Å². The van der Waals surface area contributed by atoms with Gasteiger partial charge in [0.15, 0.2) is 0 Å². The minimum Gasteiger partial charge on any atom is -0.491 e. The number of nitrogens with one attached hydrogen (secondary N) is 1. The van der Waals surface area contributed by atoms with Gasteiger partial charge in [-0.15, -0.1) is 0 Å². The van der Waals surface area contributed by atoms with E-state index in [0.29, 0.717) is 17.9 Å². The molecule has 6 heteroatoms. The number of rotatable bonds is 6. The highest BCUT2D eigenvalue weighted by Crippen LogP contribution is 2.34. The standard InChI is InChI=1S/C22H26N2O4/c1-15(2)28-17-11-9-16(10-12-17)20(25)27-14-13-24-19-8-6-5-7-18(19)23-22(3,4)21(24)26/h5-12,15,23H,13-14H2,1-4H3. The fourth-order valence-electron chi connectivity index (χ4n) is 3.13. The first-order valence-electron chi connectivity index (χ1n) is 9.41. The van der Waals surface area contributed by atoms with Gasteiger partial charge in [-0.2, -0.15) is 0 Å². The van der Waals surface area contributed by atoms with Crippen LogP contribution in [0.15, 0.2) is 48.5 Å². The van der Waals surface area contributed by atoms with E-state index in [9.17, 15) is 9.59 Å². The lowest BCUT2D eigenvalue weighted by Gasteiger charge is -2.39. The maximum absolute atomic E-state index is 12.8. The normalized spacial score (nSPS) is 15.0. The number of ether oxygens (including phenoxy) is 2. The second-order valence-electron chi connectivity index (χ2n) is 7.55. The molecule has 0 unspecified atom stereocenters. The molecule has 2 aromatic carbocycles. The van der Waals surface area contributed by atoms with Gasteiger partial charge >= 0.3 is 5.97 Å². The van der Waals surface area contributed by atoms with E-state index in [1.54, 1.807) is 29.2 Å². The Hall–Kier alpha value is -3.02. The molecule has 28 heavy (non-hydrogen) atoms. The minimum absolute atomic E-state index is 0.0579. The minimum atomic E-state index is -0.718. The summed E-state index contributed by atoms with van der Waals surface area (Å²) in [4.78, 5) is 26.8. The van der Waals surface area contributed by atoms with Gasteiger partial charge in [0, 0.05) is 0 Å². The Labute approximate surface area is 165 Å². The van der Waals surface area contributed by atoms with Crippen LogP contribution >= 0.6 is 0 Å². The molecule has 1 aliphatic rings. The van der Waals surface area contributed by atoms with Crippen LogP contribution in [-0.2, 0) is 9.53 Å². The zero-order chi connectivity index (χ0) is 20.3. The van der Waals surface area contributed by atoms with E-state index < -0.39 is 11.5 Å². The third-order valence-corrected chi connectivity index (χ3v) is 4.43. The zero-order valence-corrected chi connectivity index (χ0v) is 16.7. The summed E-state index contributed by atoms with van der Waals surface area (Å²) in [6, 6.07) is 14.5. The predicted molar refractivity (Wildman–Crippen MR) is 109 cm³/mol. The maximum Gasteiger partial charge on any atom is 0.338 e. The number of hydrogen-bond donors (Lipinski definition) is 1. The summed E-state index contributed by atoms with van der Waals surface area (Å²) in [7, 11) is 0. The molecule has 0 saturated carbocycles. The average Bonchev–Trinajstić information content (AvgIpc) is 2.64. The molecule has 3 rings (SSSR count). The summed E-state index contributed by atoms with van der Waals surface area (Å²) in [6.07, 6.45) is 0.0708. The number of nitrogens with zero attached hydrogens (tertiary/aromatic N) is 1. The largest absolute Gasteiger partial charge is 0.491 e. The van der Waals surface area contributed by atoms with Gasteiger partial charge in [-0.25, -0.2) is 4.79 Å². The number of fused-ring (bicyclic) bond motifs is 1. The van der Waals surface area contributed by atoms with Crippen molar-refractivity contribution in [3.8, 4) is 5.75 Å². The van der Waals surface area contributed by atoms with Gasteiger partial charge in [-0.05, 0) is 64.1 Å². The van der Waals surface area contributed by atoms with E-state index in [1.165, 1.54) is 0 Å². The first-order valence-corrected chi connectivity index (χ1v) is 9.41. The number of amides is 1. The van der Waals surface area contributed by atoms with Gasteiger partial charge in [0.2, 0.25) is 0 Å². The summed E-state index contributed by atoms with van der Waals surface area (Å²) in [5.74, 6) is 0.223. The highest BCUT2D eigenvalue weighted by atomic mass is 16.5. The molecule has 2 aromatic rings. The molecule has 0 bridgehead atoms. The lowest BCUT2D eigenvalue weighted by Crippen LogP contribution is -2.54. The van der Waals surface area contributed by atoms with Crippen LogP contribution in [0.1, 0.15) is 38.1 Å². The van der Waals surface area contributed by atoms with Crippen molar-refractivity contribution in [3.05, 3.63) is 54.1 Å². The van der Waals surface area contributed by atoms with Crippen molar-refractivity contribution in [2.75, 3.05) is 23.4 Å². The van der Waals surface area contributed by atoms with Crippen LogP contribution in [0.3, 0.4) is 0 Å². The van der Waals surface area contributed by atoms with Crippen LogP contribution in [-0.4, -0.2) is 36.7 Å². The van der Waals surface area contributed by atoms with E-state index >= 15 is 0 Å². The van der Waals surface area contributed by atoms with Gasteiger partial charge in [0.05, 0.1) is 29.6 Å². The van der Waals surface area contributed by atoms with Gasteiger partial charge in [-0.1, -0.05) is 12.1 Å². The monoisotopic (exact) mass is 382 g/mol. The van der Waals surface area contributed by atoms with Crippen molar-refractivity contribution < 1.29 is 19.1 Å². The van der Waals surface area contributed by atoms with Gasteiger partial charge < -0.3 is 19.7 Å². The molecule has 1 amide bonds. The number of esters is 1. The fourth-order valence-corrected chi connectivity index (χ4v) is 3.13. The Morgan fingerprint density at radius 3 is 2.46 bits per heavy atom. The number of carbonyl (C=O) groups excluding carboxylic acids is 2. The number of anilines is 2. The first-order chi connectivity index (χ1) is 13.3. The van der Waals surface area contributed by atoms with Crippen molar-refractivity contribution in [1.29, 1.82) is 0 Å². The van der Waals surface area contributed by atoms with Gasteiger partial charge in [-0.3, -0.25) is 4.79 Å². The molecular weight excluding hydrogens is 356 g/mol. The molecule has 0 fully saturated rings. The van der Waals surface area contributed by atoms with E-state index in [0.717, 1.165) is 11.4 Å². The summed E-state index contributed by atoms with van der Waals surface area (Å²) < 4.78 is 11.0. The number of hydrogen-bond acceptors (Lipinski definition) is 5. The van der Waals surface area contributed by atoms with E-state index in [2.05, 4.69) is 5.32 Å². The molecular formula is C22H26N2O4. The summed E-state index contributed by atoms with van der Waals surface area (Å²) in [5, 5.41) is 3.25. The van der Waals surface area contributed by atoms with E-state index in [4.69, 9.17) is 9.47 Å². The number of benzene rings is 2. The number of para-hydroxylation sites is 2. The van der Waals surface area contributed by atoms with Gasteiger partial charge in [0.25, 0.3) is 5.91 Å². The molecule has 148 valence electrons. The molecule has 0 radical (unpaired) electrons. The molecule has 1 heterocycles. The fraction of sp³-hybridized carbons (Fsp3) is 0.364. The molecule has 6 nitrogen and oxygen atoms in total. The van der Waals surface area contributed by atoms with Crippen molar-refractivity contribution in [3.63, 3.8) is 0 Å². The predicted octanol–water partition coefficient (Wildman–Crippen LogP) is 3.87. The molecule has 1 aliphatic heterocycles. The smallest absolute Gasteiger partial charge is 0.338 e. The van der Waals surface area contributed by atoms with Crippen LogP contribution in [0.25, 0.3) is 0 Å². The third-order valence-electron chi connectivity index (χ3n) is 4.43. The highest BCUT2D eigenvalue weighted by Gasteiger charge is 2.38. The molecule has 0 aliphatic carbocycles. The second-order valence-corrected chi connectivity index (χ2v) is 7.55. The summed E-state index contributed by atoms with van der Waals surface area (Å²) >= 11 is 0. The number of carbonyl (C=O) groups is 2. The Morgan fingerprint density at radius 1 is 1.11 bits per heavy atom. The maximum atomic E-state index is 12.8.